The Morgan fingerprint density at radius 1 is 1.36 bits per heavy atom. The molecule has 2 rings (SSSR count). The maximum atomic E-state index is 11.9. The summed E-state index contributed by atoms with van der Waals surface area (Å²) < 4.78 is 5.72. The molecule has 0 radical (unpaired) electrons. The summed E-state index contributed by atoms with van der Waals surface area (Å²) in [6, 6.07) is 7.93. The molecule has 0 spiro atoms. The summed E-state index contributed by atoms with van der Waals surface area (Å²) in [5.74, 6) is 1.65. The number of likely N-dealkylation sites (N-methyl/N-ethyl adjacent to an activating group) is 1. The van der Waals surface area contributed by atoms with Crippen molar-refractivity contribution < 1.29 is 9.53 Å². The van der Waals surface area contributed by atoms with Gasteiger partial charge in [0.2, 0.25) is 5.91 Å². The standard InChI is InChI=1S/C18H29N3O2.2ClH/c1-21(2)10-11-23-17-5-3-4-16(12-17)14-20-18(22)7-6-15-8-9-19-13-15;;/h3-5,12,15,19H,6-11,13-14H2,1-2H3,(H,20,22);2*1H. The average molecular weight is 392 g/mol. The van der Waals surface area contributed by atoms with E-state index in [1.54, 1.807) is 0 Å². The molecule has 2 N–H and O–H groups in total. The first-order valence-corrected chi connectivity index (χ1v) is 8.47. The number of nitrogens with one attached hydrogen (secondary N) is 2. The van der Waals surface area contributed by atoms with Crippen LogP contribution in [0.15, 0.2) is 24.3 Å². The van der Waals surface area contributed by atoms with Crippen LogP contribution in [0.1, 0.15) is 24.8 Å². The monoisotopic (exact) mass is 391 g/mol. The molecule has 1 aromatic carbocycles. The van der Waals surface area contributed by atoms with Crippen LogP contribution < -0.4 is 15.4 Å². The number of carbonyl (C=O) groups excluding carboxylic acids is 1. The van der Waals surface area contributed by atoms with Crippen molar-refractivity contribution in [3.63, 3.8) is 0 Å². The largest absolute Gasteiger partial charge is 0.492 e. The van der Waals surface area contributed by atoms with E-state index < -0.39 is 0 Å². The van der Waals surface area contributed by atoms with Crippen molar-refractivity contribution in [1.82, 2.24) is 15.5 Å². The summed E-state index contributed by atoms with van der Waals surface area (Å²) in [5, 5.41) is 6.34. The molecule has 1 atom stereocenters. The van der Waals surface area contributed by atoms with Crippen molar-refractivity contribution in [2.24, 2.45) is 5.92 Å². The van der Waals surface area contributed by atoms with Crippen LogP contribution >= 0.6 is 24.8 Å². The molecule has 1 unspecified atom stereocenters. The number of ether oxygens (including phenoxy) is 1. The van der Waals surface area contributed by atoms with Crippen molar-refractivity contribution in [1.29, 1.82) is 0 Å². The van der Waals surface area contributed by atoms with Crippen LogP contribution in [0.2, 0.25) is 0 Å². The van der Waals surface area contributed by atoms with E-state index in [0.717, 1.165) is 37.4 Å². The van der Waals surface area contributed by atoms with Gasteiger partial charge < -0.3 is 20.3 Å². The lowest BCUT2D eigenvalue weighted by molar-refractivity contribution is -0.121. The second-order valence-electron chi connectivity index (χ2n) is 6.47. The zero-order chi connectivity index (χ0) is 16.5. The van der Waals surface area contributed by atoms with Gasteiger partial charge in [-0.3, -0.25) is 4.79 Å². The second kappa shape index (κ2) is 13.2. The van der Waals surface area contributed by atoms with Crippen LogP contribution in [-0.2, 0) is 11.3 Å². The molecule has 1 fully saturated rings. The number of rotatable bonds is 9. The zero-order valence-electron chi connectivity index (χ0n) is 15.1. The van der Waals surface area contributed by atoms with Crippen molar-refractivity contribution in [3.05, 3.63) is 29.8 Å². The normalized spacial score (nSPS) is 16.0. The molecule has 0 bridgehead atoms. The molecule has 1 saturated heterocycles. The third-order valence-corrected chi connectivity index (χ3v) is 4.14. The lowest BCUT2D eigenvalue weighted by atomic mass is 10.0. The van der Waals surface area contributed by atoms with Crippen LogP contribution in [0.5, 0.6) is 5.75 Å². The van der Waals surface area contributed by atoms with Crippen LogP contribution in [0.4, 0.5) is 0 Å². The molecule has 7 heteroatoms. The molecule has 5 nitrogen and oxygen atoms in total. The average Bonchev–Trinajstić information content (AvgIpc) is 3.04. The van der Waals surface area contributed by atoms with E-state index in [9.17, 15) is 4.79 Å². The van der Waals surface area contributed by atoms with Gasteiger partial charge in [0.25, 0.3) is 0 Å². The fourth-order valence-corrected chi connectivity index (χ4v) is 2.68. The lowest BCUT2D eigenvalue weighted by Crippen LogP contribution is -2.23. The predicted molar refractivity (Wildman–Crippen MR) is 107 cm³/mol. The van der Waals surface area contributed by atoms with Crippen molar-refractivity contribution in [2.75, 3.05) is 40.3 Å². The molecule has 1 heterocycles. The van der Waals surface area contributed by atoms with Crippen LogP contribution in [0.25, 0.3) is 0 Å². The molecule has 0 aromatic heterocycles. The number of nitrogens with zero attached hydrogens (tertiary/aromatic N) is 1. The fraction of sp³-hybridized carbons (Fsp3) is 0.611. The Labute approximate surface area is 163 Å². The van der Waals surface area contributed by atoms with E-state index in [4.69, 9.17) is 4.74 Å². The van der Waals surface area contributed by atoms with Crippen LogP contribution in [0, 0.1) is 5.92 Å². The Morgan fingerprint density at radius 2 is 2.16 bits per heavy atom. The fourth-order valence-electron chi connectivity index (χ4n) is 2.68. The van der Waals surface area contributed by atoms with Crippen LogP contribution in [-0.4, -0.2) is 51.1 Å². The van der Waals surface area contributed by atoms with E-state index in [-0.39, 0.29) is 30.7 Å². The minimum absolute atomic E-state index is 0. The summed E-state index contributed by atoms with van der Waals surface area (Å²) in [5.41, 5.74) is 1.07. The molecule has 0 aliphatic carbocycles. The summed E-state index contributed by atoms with van der Waals surface area (Å²) in [7, 11) is 4.05. The first-order chi connectivity index (χ1) is 11.1. The Morgan fingerprint density at radius 3 is 2.84 bits per heavy atom. The highest BCUT2D eigenvalue weighted by Gasteiger charge is 2.15. The summed E-state index contributed by atoms with van der Waals surface area (Å²) in [6.45, 7) is 4.26. The maximum absolute atomic E-state index is 11.9. The van der Waals surface area contributed by atoms with Gasteiger partial charge in [-0.1, -0.05) is 12.1 Å². The Balaban J connectivity index is 0.00000288. The third kappa shape index (κ3) is 9.90. The second-order valence-corrected chi connectivity index (χ2v) is 6.47. The molecular formula is C18H31Cl2N3O2. The molecule has 1 amide bonds. The maximum Gasteiger partial charge on any atom is 0.220 e. The van der Waals surface area contributed by atoms with Gasteiger partial charge in [-0.05, 0) is 63.6 Å². The topological polar surface area (TPSA) is 53.6 Å². The molecule has 144 valence electrons. The smallest absolute Gasteiger partial charge is 0.220 e. The Kier molecular flexibility index (Phi) is 12.7. The van der Waals surface area contributed by atoms with Gasteiger partial charge in [-0.25, -0.2) is 0 Å². The number of hydrogen-bond donors (Lipinski definition) is 2. The molecule has 0 saturated carbocycles. The van der Waals surface area contributed by atoms with Crippen molar-refractivity contribution >= 4 is 30.7 Å². The molecule has 1 aliphatic rings. The number of benzene rings is 1. The Bertz CT molecular complexity index is 495. The third-order valence-electron chi connectivity index (χ3n) is 4.14. The first kappa shape index (κ1) is 24.0. The van der Waals surface area contributed by atoms with Crippen molar-refractivity contribution in [2.45, 2.75) is 25.8 Å². The SMILES string of the molecule is CN(C)CCOc1cccc(CNC(=O)CCC2CCNC2)c1.Cl.Cl. The van der Waals surface area contributed by atoms with Gasteiger partial charge in [0.15, 0.2) is 0 Å². The van der Waals surface area contributed by atoms with E-state index in [1.807, 2.05) is 38.4 Å². The molecular weight excluding hydrogens is 361 g/mol. The first-order valence-electron chi connectivity index (χ1n) is 8.47. The van der Waals surface area contributed by atoms with Gasteiger partial charge in [0, 0.05) is 19.5 Å². The quantitative estimate of drug-likeness (QED) is 0.678. The van der Waals surface area contributed by atoms with E-state index in [0.29, 0.717) is 25.5 Å². The summed E-state index contributed by atoms with van der Waals surface area (Å²) in [6.07, 6.45) is 2.79. The summed E-state index contributed by atoms with van der Waals surface area (Å²) >= 11 is 0. The molecule has 25 heavy (non-hydrogen) atoms. The molecule has 1 aliphatic heterocycles. The number of halogens is 2. The predicted octanol–water partition coefficient (Wildman–Crippen LogP) is 2.48. The van der Waals surface area contributed by atoms with E-state index in [2.05, 4.69) is 15.5 Å². The Hall–Kier alpha value is -1.01. The minimum Gasteiger partial charge on any atom is -0.492 e. The van der Waals surface area contributed by atoms with Crippen molar-refractivity contribution in [3.8, 4) is 5.75 Å². The van der Waals surface area contributed by atoms with E-state index in [1.165, 1.54) is 6.42 Å². The van der Waals surface area contributed by atoms with Gasteiger partial charge >= 0.3 is 0 Å². The van der Waals surface area contributed by atoms with Crippen LogP contribution in [0.3, 0.4) is 0 Å². The van der Waals surface area contributed by atoms with Gasteiger partial charge in [-0.2, -0.15) is 0 Å². The zero-order valence-corrected chi connectivity index (χ0v) is 16.8. The van der Waals surface area contributed by atoms with E-state index >= 15 is 0 Å². The summed E-state index contributed by atoms with van der Waals surface area (Å²) in [4.78, 5) is 14.0. The van der Waals surface area contributed by atoms with Gasteiger partial charge in [0.1, 0.15) is 12.4 Å². The highest BCUT2D eigenvalue weighted by atomic mass is 35.5. The highest BCUT2D eigenvalue weighted by Crippen LogP contribution is 2.15. The van der Waals surface area contributed by atoms with Gasteiger partial charge in [0.05, 0.1) is 0 Å². The molecule has 1 aromatic rings. The highest BCUT2D eigenvalue weighted by molar-refractivity contribution is 5.85. The number of amides is 1. The van der Waals surface area contributed by atoms with Gasteiger partial charge in [-0.15, -0.1) is 24.8 Å². The number of hydrogen-bond acceptors (Lipinski definition) is 4. The number of carbonyl (C=O) groups is 1. The minimum atomic E-state index is 0. The lowest BCUT2D eigenvalue weighted by Gasteiger charge is -2.12.